The molecule has 0 aliphatic carbocycles. The monoisotopic (exact) mass is 266 g/mol. The van der Waals surface area contributed by atoms with Crippen LogP contribution in [0.5, 0.6) is 0 Å². The number of aryl methyl sites for hydroxylation is 1. The molecule has 0 saturated carbocycles. The zero-order valence-electron chi connectivity index (χ0n) is 12.2. The third-order valence-corrected chi connectivity index (χ3v) is 2.88. The van der Waals surface area contributed by atoms with Crippen LogP contribution in [0.2, 0.25) is 0 Å². The standard InChI is InChI=1S/C14H22N2O3/c1-6-16(9-14(3,4)19)13(18)12-7-11(10(2)17)8-15(12)5/h7-8,19H,6,9H2,1-5H3. The Bertz CT molecular complexity index is 483. The third kappa shape index (κ3) is 3.92. The second-order valence-electron chi connectivity index (χ2n) is 5.41. The fourth-order valence-corrected chi connectivity index (χ4v) is 1.93. The molecule has 0 spiro atoms. The van der Waals surface area contributed by atoms with Crippen LogP contribution in [0.1, 0.15) is 48.5 Å². The highest BCUT2D eigenvalue weighted by Crippen LogP contribution is 2.13. The fourth-order valence-electron chi connectivity index (χ4n) is 1.93. The van der Waals surface area contributed by atoms with Crippen molar-refractivity contribution in [2.75, 3.05) is 13.1 Å². The number of aromatic nitrogens is 1. The number of ketones is 1. The quantitative estimate of drug-likeness (QED) is 0.821. The van der Waals surface area contributed by atoms with Crippen LogP contribution < -0.4 is 0 Å². The lowest BCUT2D eigenvalue weighted by Crippen LogP contribution is -2.42. The highest BCUT2D eigenvalue weighted by Gasteiger charge is 2.24. The summed E-state index contributed by atoms with van der Waals surface area (Å²) in [5.74, 6) is -0.250. The van der Waals surface area contributed by atoms with Crippen LogP contribution in [0, 0.1) is 0 Å². The SMILES string of the molecule is CCN(CC(C)(C)O)C(=O)c1cc(C(C)=O)cn1C. The van der Waals surface area contributed by atoms with Crippen molar-refractivity contribution in [1.82, 2.24) is 9.47 Å². The van der Waals surface area contributed by atoms with Gasteiger partial charge in [-0.05, 0) is 33.8 Å². The third-order valence-electron chi connectivity index (χ3n) is 2.88. The number of nitrogens with zero attached hydrogens (tertiary/aromatic N) is 2. The molecule has 1 amide bonds. The Hall–Kier alpha value is -1.62. The van der Waals surface area contributed by atoms with Crippen LogP contribution >= 0.6 is 0 Å². The maximum atomic E-state index is 12.4. The van der Waals surface area contributed by atoms with Gasteiger partial charge in [-0.25, -0.2) is 0 Å². The number of carbonyl (C=O) groups is 2. The number of carbonyl (C=O) groups excluding carboxylic acids is 2. The van der Waals surface area contributed by atoms with Crippen LogP contribution in [-0.4, -0.2) is 45.0 Å². The molecule has 19 heavy (non-hydrogen) atoms. The molecule has 5 nitrogen and oxygen atoms in total. The molecule has 1 aromatic heterocycles. The summed E-state index contributed by atoms with van der Waals surface area (Å²) in [5.41, 5.74) is 0.0294. The van der Waals surface area contributed by atoms with Crippen molar-refractivity contribution in [2.24, 2.45) is 7.05 Å². The minimum Gasteiger partial charge on any atom is -0.389 e. The van der Waals surface area contributed by atoms with Crippen LogP contribution in [0.4, 0.5) is 0 Å². The Morgan fingerprint density at radius 2 is 2.00 bits per heavy atom. The predicted octanol–water partition coefficient (Wildman–Crippen LogP) is 1.46. The average Bonchev–Trinajstić information content (AvgIpc) is 2.66. The van der Waals surface area contributed by atoms with Gasteiger partial charge in [0.25, 0.3) is 5.91 Å². The molecule has 0 aliphatic heterocycles. The Morgan fingerprint density at radius 3 is 2.37 bits per heavy atom. The first kappa shape index (κ1) is 15.4. The second kappa shape index (κ2) is 5.57. The van der Waals surface area contributed by atoms with Gasteiger partial charge < -0.3 is 14.6 Å². The zero-order valence-corrected chi connectivity index (χ0v) is 12.2. The molecule has 0 aromatic carbocycles. The largest absolute Gasteiger partial charge is 0.389 e. The van der Waals surface area contributed by atoms with E-state index in [1.54, 1.807) is 42.6 Å². The summed E-state index contributed by atoms with van der Waals surface area (Å²) in [7, 11) is 1.73. The van der Waals surface area contributed by atoms with Gasteiger partial charge in [-0.2, -0.15) is 0 Å². The summed E-state index contributed by atoms with van der Waals surface area (Å²) in [6.07, 6.45) is 1.65. The van der Waals surface area contributed by atoms with Gasteiger partial charge in [0.05, 0.1) is 5.60 Å². The number of rotatable bonds is 5. The van der Waals surface area contributed by atoms with Gasteiger partial charge in [0.2, 0.25) is 0 Å². The average molecular weight is 266 g/mol. The van der Waals surface area contributed by atoms with Crippen LogP contribution in [0.15, 0.2) is 12.3 Å². The molecule has 1 aromatic rings. The topological polar surface area (TPSA) is 62.5 Å². The van der Waals surface area contributed by atoms with E-state index in [2.05, 4.69) is 0 Å². The number of hydrogen-bond acceptors (Lipinski definition) is 3. The summed E-state index contributed by atoms with van der Waals surface area (Å²) in [6, 6.07) is 1.59. The molecule has 0 saturated heterocycles. The summed E-state index contributed by atoms with van der Waals surface area (Å²) in [5, 5.41) is 9.82. The second-order valence-corrected chi connectivity index (χ2v) is 5.41. The Kier molecular flexibility index (Phi) is 4.52. The van der Waals surface area contributed by atoms with E-state index < -0.39 is 5.60 Å². The van der Waals surface area contributed by atoms with Gasteiger partial charge in [0.15, 0.2) is 5.78 Å². The van der Waals surface area contributed by atoms with Gasteiger partial charge in [-0.3, -0.25) is 9.59 Å². The highest BCUT2D eigenvalue weighted by atomic mass is 16.3. The molecule has 0 bridgehead atoms. The van der Waals surface area contributed by atoms with Gasteiger partial charge in [-0.15, -0.1) is 0 Å². The molecule has 106 valence electrons. The molecular formula is C14H22N2O3. The number of likely N-dealkylation sites (N-methyl/N-ethyl adjacent to an activating group) is 1. The minimum atomic E-state index is -0.944. The van der Waals surface area contributed by atoms with Gasteiger partial charge in [0.1, 0.15) is 5.69 Å². The van der Waals surface area contributed by atoms with Crippen molar-refractivity contribution in [2.45, 2.75) is 33.3 Å². The first-order valence-electron chi connectivity index (χ1n) is 6.34. The lowest BCUT2D eigenvalue weighted by Gasteiger charge is -2.28. The summed E-state index contributed by atoms with van der Waals surface area (Å²) < 4.78 is 1.64. The lowest BCUT2D eigenvalue weighted by atomic mass is 10.1. The van der Waals surface area contributed by atoms with E-state index >= 15 is 0 Å². The highest BCUT2D eigenvalue weighted by molar-refractivity contribution is 5.99. The molecule has 1 rings (SSSR count). The normalized spacial score (nSPS) is 11.5. The van der Waals surface area contributed by atoms with E-state index in [0.717, 1.165) is 0 Å². The lowest BCUT2D eigenvalue weighted by molar-refractivity contribution is 0.0309. The van der Waals surface area contributed by atoms with Gasteiger partial charge in [0, 0.05) is 31.9 Å². The van der Waals surface area contributed by atoms with Crippen molar-refractivity contribution < 1.29 is 14.7 Å². The molecule has 1 N–H and O–H groups in total. The van der Waals surface area contributed by atoms with E-state index in [-0.39, 0.29) is 18.2 Å². The van der Waals surface area contributed by atoms with E-state index in [1.165, 1.54) is 6.92 Å². The Morgan fingerprint density at radius 1 is 1.42 bits per heavy atom. The predicted molar refractivity (Wildman–Crippen MR) is 73.3 cm³/mol. The number of amides is 1. The van der Waals surface area contributed by atoms with Gasteiger partial charge in [-0.1, -0.05) is 0 Å². The minimum absolute atomic E-state index is 0.0693. The van der Waals surface area contributed by atoms with Crippen molar-refractivity contribution in [3.05, 3.63) is 23.5 Å². The van der Waals surface area contributed by atoms with E-state index in [4.69, 9.17) is 0 Å². The van der Waals surface area contributed by atoms with Crippen molar-refractivity contribution in [3.63, 3.8) is 0 Å². The molecule has 0 atom stereocenters. The first-order chi connectivity index (χ1) is 8.65. The van der Waals surface area contributed by atoms with Crippen molar-refractivity contribution >= 4 is 11.7 Å². The molecule has 1 heterocycles. The number of hydrogen-bond donors (Lipinski definition) is 1. The molecule has 0 aliphatic rings. The first-order valence-corrected chi connectivity index (χ1v) is 6.34. The molecule has 5 heteroatoms. The molecule has 0 fully saturated rings. The van der Waals surface area contributed by atoms with Crippen LogP contribution in [-0.2, 0) is 7.05 Å². The molecule has 0 unspecified atom stereocenters. The number of aliphatic hydroxyl groups is 1. The summed E-state index contributed by atoms with van der Waals surface area (Å²) in [4.78, 5) is 25.3. The van der Waals surface area contributed by atoms with E-state index in [1.807, 2.05) is 6.92 Å². The van der Waals surface area contributed by atoms with Crippen LogP contribution in [0.25, 0.3) is 0 Å². The summed E-state index contributed by atoms with van der Waals surface area (Å²) >= 11 is 0. The van der Waals surface area contributed by atoms with Crippen molar-refractivity contribution in [3.8, 4) is 0 Å². The maximum absolute atomic E-state index is 12.4. The summed E-state index contributed by atoms with van der Waals surface area (Å²) in [6.45, 7) is 7.41. The van der Waals surface area contributed by atoms with E-state index in [9.17, 15) is 14.7 Å². The van der Waals surface area contributed by atoms with Crippen molar-refractivity contribution in [1.29, 1.82) is 0 Å². The smallest absolute Gasteiger partial charge is 0.270 e. The maximum Gasteiger partial charge on any atom is 0.270 e. The van der Waals surface area contributed by atoms with Gasteiger partial charge >= 0.3 is 0 Å². The fraction of sp³-hybridized carbons (Fsp3) is 0.571. The number of Topliss-reactive ketones (excluding diaryl/α,β-unsaturated/α-hetero) is 1. The Balaban J connectivity index is 3.01. The molecule has 0 radical (unpaired) electrons. The Labute approximate surface area is 113 Å². The molecular weight excluding hydrogens is 244 g/mol. The zero-order chi connectivity index (χ0) is 14.8. The van der Waals surface area contributed by atoms with Crippen LogP contribution in [0.3, 0.4) is 0 Å². The van der Waals surface area contributed by atoms with E-state index in [0.29, 0.717) is 17.8 Å².